The highest BCUT2D eigenvalue weighted by Gasteiger charge is 2.54. The molecule has 1 aliphatic rings. The fraction of sp³-hybridized carbons (Fsp3) is 0.333. The van der Waals surface area contributed by atoms with Gasteiger partial charge in [0, 0.05) is 17.5 Å². The van der Waals surface area contributed by atoms with Crippen LogP contribution in [0, 0.1) is 29.0 Å². The van der Waals surface area contributed by atoms with Gasteiger partial charge in [0.1, 0.15) is 5.82 Å². The molecule has 1 aliphatic carbocycles. The highest BCUT2D eigenvalue weighted by Crippen LogP contribution is 2.55. The lowest BCUT2D eigenvalue weighted by molar-refractivity contribution is -0.138. The Labute approximate surface area is 209 Å². The van der Waals surface area contributed by atoms with Gasteiger partial charge in [-0.2, -0.15) is 31.6 Å². The SMILES string of the molecule is N#Cc1ccc(NC(=O)C(O)(C#CCBr)CC2(c3cc(C(F)(F)F)ccc3F)CC2)cc1C(F)(F)F. The van der Waals surface area contributed by atoms with E-state index < -0.39 is 63.9 Å². The molecule has 2 N–H and O–H groups in total. The molecule has 2 aromatic carbocycles. The van der Waals surface area contributed by atoms with Crippen molar-refractivity contribution in [2.75, 3.05) is 10.6 Å². The molecule has 0 heterocycles. The van der Waals surface area contributed by atoms with E-state index in [2.05, 4.69) is 33.1 Å². The number of halogens is 8. The van der Waals surface area contributed by atoms with E-state index >= 15 is 0 Å². The molecule has 1 fully saturated rings. The third-order valence-electron chi connectivity index (χ3n) is 5.75. The maximum atomic E-state index is 14.6. The van der Waals surface area contributed by atoms with Crippen LogP contribution in [0.2, 0.25) is 0 Å². The number of rotatable bonds is 5. The van der Waals surface area contributed by atoms with E-state index in [1.54, 1.807) is 0 Å². The zero-order chi connectivity index (χ0) is 26.9. The molecule has 4 nitrogen and oxygen atoms in total. The lowest BCUT2D eigenvalue weighted by atomic mass is 9.82. The minimum atomic E-state index is -4.91. The molecular weight excluding hydrogens is 561 g/mol. The third kappa shape index (κ3) is 5.82. The molecule has 12 heteroatoms. The second kappa shape index (κ2) is 9.75. The topological polar surface area (TPSA) is 73.1 Å². The highest BCUT2D eigenvalue weighted by atomic mass is 79.9. The van der Waals surface area contributed by atoms with Crippen LogP contribution in [-0.4, -0.2) is 21.9 Å². The lowest BCUT2D eigenvalue weighted by Gasteiger charge is -2.28. The summed E-state index contributed by atoms with van der Waals surface area (Å²) in [6, 6.07) is 5.59. The molecule has 2 aromatic rings. The number of hydrogen-bond acceptors (Lipinski definition) is 3. The Hall–Kier alpha value is -3.09. The molecule has 1 atom stereocenters. The van der Waals surface area contributed by atoms with Crippen molar-refractivity contribution in [1.29, 1.82) is 5.26 Å². The van der Waals surface area contributed by atoms with Gasteiger partial charge in [-0.15, -0.1) is 0 Å². The first-order chi connectivity index (χ1) is 16.6. The molecule has 0 aromatic heterocycles. The van der Waals surface area contributed by atoms with Crippen molar-refractivity contribution in [2.24, 2.45) is 0 Å². The Kier molecular flexibility index (Phi) is 7.45. The van der Waals surface area contributed by atoms with Crippen molar-refractivity contribution >= 4 is 27.5 Å². The van der Waals surface area contributed by atoms with Crippen LogP contribution in [0.15, 0.2) is 36.4 Å². The second-order valence-electron chi connectivity index (χ2n) is 8.27. The Balaban J connectivity index is 1.97. The Bertz CT molecular complexity index is 1280. The van der Waals surface area contributed by atoms with Crippen molar-refractivity contribution < 1.29 is 40.6 Å². The number of aliphatic hydroxyl groups is 1. The molecule has 0 saturated heterocycles. The summed E-state index contributed by atoms with van der Waals surface area (Å²) in [5, 5.41) is 22.2. The minimum Gasteiger partial charge on any atom is -0.369 e. The monoisotopic (exact) mass is 576 g/mol. The van der Waals surface area contributed by atoms with Crippen molar-refractivity contribution in [3.8, 4) is 17.9 Å². The molecule has 0 spiro atoms. The van der Waals surface area contributed by atoms with Gasteiger partial charge in [-0.25, -0.2) is 4.39 Å². The van der Waals surface area contributed by atoms with E-state index in [0.717, 1.165) is 12.1 Å². The number of nitrogens with zero attached hydrogens (tertiary/aromatic N) is 1. The molecule has 3 rings (SSSR count). The maximum Gasteiger partial charge on any atom is 0.417 e. The van der Waals surface area contributed by atoms with Gasteiger partial charge < -0.3 is 10.4 Å². The summed E-state index contributed by atoms with van der Waals surface area (Å²) in [5.74, 6) is 2.49. The van der Waals surface area contributed by atoms with Crippen molar-refractivity contribution in [2.45, 2.75) is 42.6 Å². The molecule has 0 aliphatic heterocycles. The summed E-state index contributed by atoms with van der Waals surface area (Å²) < 4.78 is 93.9. The first-order valence-electron chi connectivity index (χ1n) is 10.2. The lowest BCUT2D eigenvalue weighted by Crippen LogP contribution is -2.44. The summed E-state index contributed by atoms with van der Waals surface area (Å²) in [6.45, 7) is 0. The number of carbonyl (C=O) groups is 1. The van der Waals surface area contributed by atoms with Crippen LogP contribution in [-0.2, 0) is 22.6 Å². The predicted molar refractivity (Wildman–Crippen MR) is 118 cm³/mol. The number of alkyl halides is 7. The fourth-order valence-corrected chi connectivity index (χ4v) is 3.98. The van der Waals surface area contributed by atoms with Gasteiger partial charge in [0.2, 0.25) is 5.60 Å². The summed E-state index contributed by atoms with van der Waals surface area (Å²) in [6.07, 6.45) is -9.98. The normalized spacial score (nSPS) is 16.2. The summed E-state index contributed by atoms with van der Waals surface area (Å²) in [4.78, 5) is 13.0. The van der Waals surface area contributed by atoms with E-state index in [1.165, 1.54) is 6.07 Å². The number of hydrogen-bond donors (Lipinski definition) is 2. The maximum absolute atomic E-state index is 14.6. The first kappa shape index (κ1) is 27.5. The fourth-order valence-electron chi connectivity index (χ4n) is 3.84. The molecule has 0 bridgehead atoms. The molecule has 1 unspecified atom stereocenters. The van der Waals surface area contributed by atoms with Gasteiger partial charge in [-0.1, -0.05) is 27.8 Å². The van der Waals surface area contributed by atoms with Gasteiger partial charge in [-0.05, 0) is 54.8 Å². The third-order valence-corrected chi connectivity index (χ3v) is 6.03. The quantitative estimate of drug-likeness (QED) is 0.263. The van der Waals surface area contributed by atoms with E-state index in [1.807, 2.05) is 0 Å². The van der Waals surface area contributed by atoms with Crippen LogP contribution in [0.5, 0.6) is 0 Å². The molecule has 36 heavy (non-hydrogen) atoms. The van der Waals surface area contributed by atoms with Gasteiger partial charge >= 0.3 is 12.4 Å². The van der Waals surface area contributed by atoms with E-state index in [-0.39, 0.29) is 23.7 Å². The van der Waals surface area contributed by atoms with Gasteiger partial charge in [0.25, 0.3) is 5.91 Å². The summed E-state index contributed by atoms with van der Waals surface area (Å²) >= 11 is 2.99. The first-order valence-corrected chi connectivity index (χ1v) is 11.4. The van der Waals surface area contributed by atoms with Crippen molar-refractivity contribution in [3.63, 3.8) is 0 Å². The van der Waals surface area contributed by atoms with E-state index in [0.29, 0.717) is 24.3 Å². The van der Waals surface area contributed by atoms with Crippen LogP contribution in [0.3, 0.4) is 0 Å². The van der Waals surface area contributed by atoms with Crippen LogP contribution >= 0.6 is 15.9 Å². The Morgan fingerprint density at radius 3 is 2.28 bits per heavy atom. The second-order valence-corrected chi connectivity index (χ2v) is 8.83. The summed E-state index contributed by atoms with van der Waals surface area (Å²) in [5.41, 5.74) is -7.80. The number of carbonyl (C=O) groups excluding carboxylic acids is 1. The number of nitriles is 1. The van der Waals surface area contributed by atoms with Crippen molar-refractivity contribution in [3.05, 3.63) is 64.5 Å². The van der Waals surface area contributed by atoms with Gasteiger partial charge in [0.05, 0.1) is 28.1 Å². The number of nitrogens with one attached hydrogen (secondary N) is 1. The predicted octanol–water partition coefficient (Wildman–Crippen LogP) is 5.92. The number of benzene rings is 2. The average molecular weight is 577 g/mol. The zero-order valence-electron chi connectivity index (χ0n) is 18.1. The van der Waals surface area contributed by atoms with E-state index in [9.17, 15) is 40.6 Å². The summed E-state index contributed by atoms with van der Waals surface area (Å²) in [7, 11) is 0. The zero-order valence-corrected chi connectivity index (χ0v) is 19.7. The molecule has 190 valence electrons. The highest BCUT2D eigenvalue weighted by molar-refractivity contribution is 9.09. The number of amides is 1. The van der Waals surface area contributed by atoms with Crippen LogP contribution in [0.1, 0.15) is 41.5 Å². The largest absolute Gasteiger partial charge is 0.417 e. The van der Waals surface area contributed by atoms with Gasteiger partial charge in [-0.3, -0.25) is 4.79 Å². The number of anilines is 1. The van der Waals surface area contributed by atoms with Crippen LogP contribution in [0.4, 0.5) is 36.4 Å². The smallest absolute Gasteiger partial charge is 0.369 e. The van der Waals surface area contributed by atoms with Crippen LogP contribution in [0.25, 0.3) is 0 Å². The van der Waals surface area contributed by atoms with Crippen molar-refractivity contribution in [1.82, 2.24) is 0 Å². The van der Waals surface area contributed by atoms with E-state index in [4.69, 9.17) is 5.26 Å². The average Bonchev–Trinajstić information content (AvgIpc) is 3.56. The van der Waals surface area contributed by atoms with Crippen LogP contribution < -0.4 is 5.32 Å². The molecule has 1 saturated carbocycles. The Morgan fingerprint density at radius 2 is 1.75 bits per heavy atom. The van der Waals surface area contributed by atoms with Gasteiger partial charge in [0.15, 0.2) is 0 Å². The molecule has 1 amide bonds. The molecular formula is C24H16BrF7N2O2. The standard InChI is InChI=1S/C24H16BrF7N2O2/c25-9-1-6-22(36,20(35)34-16-4-2-14(12-33)17(11-16)24(30,31)32)13-21(7-8-21)18-10-15(23(27,28)29)3-5-19(18)26/h2-5,10-11,36H,7-9,13H2,(H,34,35). The Morgan fingerprint density at radius 1 is 1.08 bits per heavy atom. The minimum absolute atomic E-state index is 0.0113. The molecule has 0 radical (unpaired) electrons.